The predicted molar refractivity (Wildman–Crippen MR) is 115 cm³/mol. The van der Waals surface area contributed by atoms with Gasteiger partial charge in [-0.05, 0) is 62.7 Å². The average Bonchev–Trinajstić information content (AvgIpc) is 2.76. The van der Waals surface area contributed by atoms with Crippen molar-refractivity contribution in [2.45, 2.75) is 27.2 Å². The molecule has 1 heterocycles. The molecule has 3 aromatic rings. The molecular weight excluding hydrogens is 398 g/mol. The van der Waals surface area contributed by atoms with Gasteiger partial charge in [0.25, 0.3) is 5.91 Å². The minimum Gasteiger partial charge on any atom is -0.462 e. The number of carbonyl (C=O) groups is 3. The van der Waals surface area contributed by atoms with Crippen LogP contribution in [-0.4, -0.2) is 41.0 Å². The van der Waals surface area contributed by atoms with Gasteiger partial charge >= 0.3 is 11.9 Å². The monoisotopic (exact) mass is 421 g/mol. The third-order valence-electron chi connectivity index (χ3n) is 4.49. The number of nitrogens with zero attached hydrogens (tertiary/aromatic N) is 2. The standard InChI is InChI=1S/C23H23N3O5/c1-4-11-30-22(28)16-5-8-18(9-6-16)26-21(27)13-31-23(29)17-7-10-19-20(12-17)25-15(3)14(2)24-19/h5-10,12H,4,11,13H2,1-3H3,(H,26,27). The summed E-state index contributed by atoms with van der Waals surface area (Å²) >= 11 is 0. The van der Waals surface area contributed by atoms with Gasteiger partial charge in [-0.15, -0.1) is 0 Å². The van der Waals surface area contributed by atoms with Crippen LogP contribution in [0, 0.1) is 13.8 Å². The van der Waals surface area contributed by atoms with Crippen LogP contribution >= 0.6 is 0 Å². The smallest absolute Gasteiger partial charge is 0.338 e. The quantitative estimate of drug-likeness (QED) is 0.581. The minimum atomic E-state index is -0.633. The summed E-state index contributed by atoms with van der Waals surface area (Å²) in [7, 11) is 0. The summed E-state index contributed by atoms with van der Waals surface area (Å²) in [5.41, 5.74) is 4.02. The van der Waals surface area contributed by atoms with Gasteiger partial charge in [0, 0.05) is 5.69 Å². The van der Waals surface area contributed by atoms with Crippen molar-refractivity contribution >= 4 is 34.6 Å². The summed E-state index contributed by atoms with van der Waals surface area (Å²) in [6.45, 7) is 5.53. The zero-order valence-electron chi connectivity index (χ0n) is 17.6. The molecule has 0 aliphatic heterocycles. The lowest BCUT2D eigenvalue weighted by atomic mass is 10.2. The molecule has 0 unspecified atom stereocenters. The SMILES string of the molecule is CCCOC(=O)c1ccc(NC(=O)COC(=O)c2ccc3nc(C)c(C)nc3c2)cc1. The Bertz CT molecular complexity index is 1130. The molecule has 8 nitrogen and oxygen atoms in total. The zero-order valence-corrected chi connectivity index (χ0v) is 17.6. The second-order valence-electron chi connectivity index (χ2n) is 6.94. The summed E-state index contributed by atoms with van der Waals surface area (Å²) < 4.78 is 10.2. The summed E-state index contributed by atoms with van der Waals surface area (Å²) in [5, 5.41) is 2.61. The number of rotatable bonds is 7. The van der Waals surface area contributed by atoms with E-state index >= 15 is 0 Å². The number of nitrogens with one attached hydrogen (secondary N) is 1. The fraction of sp³-hybridized carbons (Fsp3) is 0.261. The van der Waals surface area contributed by atoms with Crippen LogP contribution < -0.4 is 5.32 Å². The Balaban J connectivity index is 1.55. The van der Waals surface area contributed by atoms with Crippen LogP contribution in [0.3, 0.4) is 0 Å². The molecule has 2 aromatic carbocycles. The first kappa shape index (κ1) is 21.9. The van der Waals surface area contributed by atoms with Crippen molar-refractivity contribution in [2.24, 2.45) is 0 Å². The van der Waals surface area contributed by atoms with Crippen molar-refractivity contribution in [1.82, 2.24) is 9.97 Å². The molecular formula is C23H23N3O5. The number of ether oxygens (including phenoxy) is 2. The normalized spacial score (nSPS) is 10.5. The van der Waals surface area contributed by atoms with E-state index in [4.69, 9.17) is 9.47 Å². The van der Waals surface area contributed by atoms with Crippen LogP contribution in [0.25, 0.3) is 11.0 Å². The lowest BCUT2D eigenvalue weighted by molar-refractivity contribution is -0.119. The number of aryl methyl sites for hydroxylation is 2. The molecule has 0 atom stereocenters. The third kappa shape index (κ3) is 5.63. The molecule has 0 radical (unpaired) electrons. The first-order valence-electron chi connectivity index (χ1n) is 9.86. The van der Waals surface area contributed by atoms with E-state index in [0.29, 0.717) is 28.9 Å². The van der Waals surface area contributed by atoms with Crippen molar-refractivity contribution in [3.05, 3.63) is 65.0 Å². The second kappa shape index (κ2) is 9.80. The van der Waals surface area contributed by atoms with Crippen LogP contribution in [0.15, 0.2) is 42.5 Å². The zero-order chi connectivity index (χ0) is 22.4. The molecule has 8 heteroatoms. The van der Waals surface area contributed by atoms with E-state index in [1.165, 1.54) is 0 Å². The van der Waals surface area contributed by atoms with E-state index in [-0.39, 0.29) is 5.56 Å². The molecule has 0 bridgehead atoms. The number of benzene rings is 2. The van der Waals surface area contributed by atoms with Gasteiger partial charge in [-0.1, -0.05) is 6.92 Å². The highest BCUT2D eigenvalue weighted by atomic mass is 16.5. The van der Waals surface area contributed by atoms with Gasteiger partial charge in [0.2, 0.25) is 0 Å². The van der Waals surface area contributed by atoms with E-state index in [0.717, 1.165) is 17.8 Å². The summed E-state index contributed by atoms with van der Waals surface area (Å²) in [6.07, 6.45) is 0.741. The van der Waals surface area contributed by atoms with Crippen molar-refractivity contribution in [3.63, 3.8) is 0 Å². The summed E-state index contributed by atoms with van der Waals surface area (Å²) in [6, 6.07) is 11.1. The number of esters is 2. The lowest BCUT2D eigenvalue weighted by Gasteiger charge is -2.08. The molecule has 0 aliphatic rings. The van der Waals surface area contributed by atoms with Crippen LogP contribution in [0.1, 0.15) is 45.4 Å². The van der Waals surface area contributed by atoms with E-state index in [1.807, 2.05) is 20.8 Å². The van der Waals surface area contributed by atoms with E-state index < -0.39 is 24.5 Å². The first-order valence-corrected chi connectivity index (χ1v) is 9.86. The molecule has 3 rings (SSSR count). The van der Waals surface area contributed by atoms with Crippen molar-refractivity contribution < 1.29 is 23.9 Å². The number of carbonyl (C=O) groups excluding carboxylic acids is 3. The molecule has 31 heavy (non-hydrogen) atoms. The molecule has 0 spiro atoms. The topological polar surface area (TPSA) is 107 Å². The van der Waals surface area contributed by atoms with E-state index in [9.17, 15) is 14.4 Å². The predicted octanol–water partition coefficient (Wildman–Crippen LogP) is 3.61. The number of fused-ring (bicyclic) bond motifs is 1. The summed E-state index contributed by atoms with van der Waals surface area (Å²) in [5.74, 6) is -1.55. The number of amides is 1. The van der Waals surface area contributed by atoms with Gasteiger partial charge in [0.05, 0.1) is 40.2 Å². The fourth-order valence-electron chi connectivity index (χ4n) is 2.74. The van der Waals surface area contributed by atoms with Gasteiger partial charge in [-0.25, -0.2) is 19.6 Å². The van der Waals surface area contributed by atoms with Gasteiger partial charge in [0.1, 0.15) is 0 Å². The largest absolute Gasteiger partial charge is 0.462 e. The Hall–Kier alpha value is -3.81. The minimum absolute atomic E-state index is 0.285. The molecule has 0 fully saturated rings. The molecule has 1 amide bonds. The average molecular weight is 421 g/mol. The number of aromatic nitrogens is 2. The van der Waals surface area contributed by atoms with Crippen LogP contribution in [0.2, 0.25) is 0 Å². The van der Waals surface area contributed by atoms with Gasteiger partial charge in [-0.2, -0.15) is 0 Å². The Morgan fingerprint density at radius 3 is 2.13 bits per heavy atom. The highest BCUT2D eigenvalue weighted by molar-refractivity contribution is 5.97. The second-order valence-corrected chi connectivity index (χ2v) is 6.94. The Morgan fingerprint density at radius 1 is 0.839 bits per heavy atom. The number of hydrogen-bond donors (Lipinski definition) is 1. The highest BCUT2D eigenvalue weighted by Gasteiger charge is 2.13. The highest BCUT2D eigenvalue weighted by Crippen LogP contribution is 2.15. The fourth-order valence-corrected chi connectivity index (χ4v) is 2.74. The van der Waals surface area contributed by atoms with Crippen LogP contribution in [0.5, 0.6) is 0 Å². The van der Waals surface area contributed by atoms with Gasteiger partial charge < -0.3 is 14.8 Å². The molecule has 160 valence electrons. The maximum Gasteiger partial charge on any atom is 0.338 e. The Morgan fingerprint density at radius 2 is 1.45 bits per heavy atom. The Kier molecular flexibility index (Phi) is 6.92. The molecule has 0 saturated carbocycles. The molecule has 1 N–H and O–H groups in total. The van der Waals surface area contributed by atoms with E-state index in [1.54, 1.807) is 42.5 Å². The lowest BCUT2D eigenvalue weighted by Crippen LogP contribution is -2.21. The summed E-state index contributed by atoms with van der Waals surface area (Å²) in [4.78, 5) is 45.0. The van der Waals surface area contributed by atoms with Crippen molar-refractivity contribution in [3.8, 4) is 0 Å². The molecule has 0 aliphatic carbocycles. The maximum absolute atomic E-state index is 12.3. The van der Waals surface area contributed by atoms with E-state index in [2.05, 4.69) is 15.3 Å². The third-order valence-corrected chi connectivity index (χ3v) is 4.49. The number of anilines is 1. The number of hydrogen-bond acceptors (Lipinski definition) is 7. The van der Waals surface area contributed by atoms with Crippen molar-refractivity contribution in [2.75, 3.05) is 18.5 Å². The maximum atomic E-state index is 12.3. The molecule has 0 saturated heterocycles. The Labute approximate surface area is 179 Å². The van der Waals surface area contributed by atoms with Crippen LogP contribution in [0.4, 0.5) is 5.69 Å². The molecule has 1 aromatic heterocycles. The van der Waals surface area contributed by atoms with Crippen LogP contribution in [-0.2, 0) is 14.3 Å². The first-order chi connectivity index (χ1) is 14.9. The van der Waals surface area contributed by atoms with Gasteiger partial charge in [0.15, 0.2) is 6.61 Å². The van der Waals surface area contributed by atoms with Crippen molar-refractivity contribution in [1.29, 1.82) is 0 Å². The van der Waals surface area contributed by atoms with Gasteiger partial charge in [-0.3, -0.25) is 4.79 Å².